The Balaban J connectivity index is 2.02. The van der Waals surface area contributed by atoms with E-state index in [0.717, 1.165) is 6.42 Å². The molecule has 1 heterocycles. The molecule has 1 aliphatic heterocycles. The first-order valence-electron chi connectivity index (χ1n) is 7.57. The Morgan fingerprint density at radius 3 is 2.75 bits per heavy atom. The second-order valence-corrected chi connectivity index (χ2v) is 4.90. The van der Waals surface area contributed by atoms with Crippen LogP contribution in [0.4, 0.5) is 8.78 Å². The van der Waals surface area contributed by atoms with Crippen LogP contribution in [0.25, 0.3) is 0 Å². The summed E-state index contributed by atoms with van der Waals surface area (Å²) in [6.45, 7) is 0.0709. The molecule has 132 valence electrons. The molecule has 0 atom stereocenters. The molecular weight excluding hydrogens is 320 g/mol. The molecule has 0 fully saturated rings. The van der Waals surface area contributed by atoms with E-state index in [9.17, 15) is 8.78 Å². The number of nitrogens with one attached hydrogen (secondary N) is 2. The molecule has 0 spiro atoms. The van der Waals surface area contributed by atoms with Crippen LogP contribution in [0.3, 0.4) is 0 Å². The fourth-order valence-electron chi connectivity index (χ4n) is 2.15. The quantitative estimate of drug-likeness (QED) is 0.345. The molecule has 1 aromatic rings. The number of guanidine groups is 1. The molecular formula is C16H21F2N3O3. The van der Waals surface area contributed by atoms with Gasteiger partial charge in [-0.15, -0.1) is 0 Å². The highest BCUT2D eigenvalue weighted by atomic mass is 19.3. The molecule has 0 aliphatic carbocycles. The third kappa shape index (κ3) is 5.00. The lowest BCUT2D eigenvalue weighted by Crippen LogP contribution is -2.37. The van der Waals surface area contributed by atoms with Gasteiger partial charge in [0.05, 0.1) is 0 Å². The molecule has 0 saturated carbocycles. The van der Waals surface area contributed by atoms with Crippen molar-refractivity contribution < 1.29 is 23.0 Å². The average molecular weight is 341 g/mol. The van der Waals surface area contributed by atoms with E-state index in [0.29, 0.717) is 29.6 Å². The summed E-state index contributed by atoms with van der Waals surface area (Å²) >= 11 is 0. The lowest BCUT2D eigenvalue weighted by molar-refractivity contribution is -0.0505. The molecule has 0 bridgehead atoms. The molecule has 8 heteroatoms. The first kappa shape index (κ1) is 17.8. The number of halogens is 2. The van der Waals surface area contributed by atoms with Crippen molar-refractivity contribution in [1.82, 2.24) is 10.6 Å². The van der Waals surface area contributed by atoms with Crippen LogP contribution in [0.1, 0.15) is 18.9 Å². The third-order valence-corrected chi connectivity index (χ3v) is 3.28. The van der Waals surface area contributed by atoms with Gasteiger partial charge in [-0.25, -0.2) is 0 Å². The minimum atomic E-state index is -2.91. The average Bonchev–Trinajstić information content (AvgIpc) is 3.00. The van der Waals surface area contributed by atoms with Gasteiger partial charge in [-0.1, -0.05) is 12.2 Å². The lowest BCUT2D eigenvalue weighted by Gasteiger charge is -2.15. The Morgan fingerprint density at radius 1 is 1.33 bits per heavy atom. The largest absolute Gasteiger partial charge is 0.454 e. The summed E-state index contributed by atoms with van der Waals surface area (Å²) in [5, 5.41) is 6.19. The van der Waals surface area contributed by atoms with Crippen molar-refractivity contribution in [2.45, 2.75) is 26.5 Å². The summed E-state index contributed by atoms with van der Waals surface area (Å²) in [4.78, 5) is 4.09. The van der Waals surface area contributed by atoms with Crippen molar-refractivity contribution in [3.63, 3.8) is 0 Å². The van der Waals surface area contributed by atoms with E-state index in [1.54, 1.807) is 13.1 Å². The van der Waals surface area contributed by atoms with Crippen LogP contribution in [-0.2, 0) is 6.54 Å². The summed E-state index contributed by atoms with van der Waals surface area (Å²) in [5.74, 6) is 1.51. The van der Waals surface area contributed by atoms with Crippen LogP contribution in [-0.4, -0.2) is 33.0 Å². The molecule has 24 heavy (non-hydrogen) atoms. The molecule has 2 rings (SSSR count). The third-order valence-electron chi connectivity index (χ3n) is 3.28. The number of hydrogen-bond acceptors (Lipinski definition) is 4. The predicted molar refractivity (Wildman–Crippen MR) is 86.8 cm³/mol. The highest BCUT2D eigenvalue weighted by Crippen LogP contribution is 2.38. The van der Waals surface area contributed by atoms with Gasteiger partial charge < -0.3 is 24.8 Å². The van der Waals surface area contributed by atoms with Gasteiger partial charge >= 0.3 is 6.61 Å². The maximum atomic E-state index is 12.6. The molecule has 6 nitrogen and oxygen atoms in total. The zero-order valence-corrected chi connectivity index (χ0v) is 13.6. The minimum absolute atomic E-state index is 0.0473. The molecule has 0 unspecified atom stereocenters. The van der Waals surface area contributed by atoms with Crippen LogP contribution in [0.5, 0.6) is 17.2 Å². The Morgan fingerprint density at radius 2 is 2.08 bits per heavy atom. The summed E-state index contributed by atoms with van der Waals surface area (Å²) < 4.78 is 40.2. The fraction of sp³-hybridized carbons (Fsp3) is 0.438. The van der Waals surface area contributed by atoms with E-state index < -0.39 is 6.61 Å². The van der Waals surface area contributed by atoms with E-state index in [2.05, 4.69) is 20.4 Å². The normalized spacial score (nSPS) is 13.6. The van der Waals surface area contributed by atoms with Crippen LogP contribution in [0.2, 0.25) is 0 Å². The summed E-state index contributed by atoms with van der Waals surface area (Å²) in [5.41, 5.74) is 0.524. The highest BCUT2D eigenvalue weighted by molar-refractivity contribution is 5.79. The number of hydrogen-bond donors (Lipinski definition) is 2. The number of alkyl halides is 2. The molecule has 0 amide bonds. The van der Waals surface area contributed by atoms with Crippen LogP contribution >= 0.6 is 0 Å². The molecule has 0 radical (unpaired) electrons. The number of fused-ring (bicyclic) bond motifs is 1. The SMILES string of the molecule is C/C=C/CCNC(=NC)NCc1cc2c(cc1OC(F)F)OCO2. The van der Waals surface area contributed by atoms with Crippen molar-refractivity contribution in [2.24, 2.45) is 4.99 Å². The van der Waals surface area contributed by atoms with Gasteiger partial charge in [0.25, 0.3) is 0 Å². The maximum Gasteiger partial charge on any atom is 0.387 e. The monoisotopic (exact) mass is 341 g/mol. The summed E-state index contributed by atoms with van der Waals surface area (Å²) in [7, 11) is 1.64. The maximum absolute atomic E-state index is 12.6. The molecule has 1 aliphatic rings. The highest BCUT2D eigenvalue weighted by Gasteiger charge is 2.20. The molecule has 1 aromatic carbocycles. The summed E-state index contributed by atoms with van der Waals surface area (Å²) in [6.07, 6.45) is 4.87. The van der Waals surface area contributed by atoms with E-state index in [4.69, 9.17) is 9.47 Å². The van der Waals surface area contributed by atoms with Crippen LogP contribution in [0.15, 0.2) is 29.3 Å². The Bertz CT molecular complexity index is 606. The number of benzene rings is 1. The number of allylic oxidation sites excluding steroid dienone is 1. The molecule has 2 N–H and O–H groups in total. The van der Waals surface area contributed by atoms with Crippen molar-refractivity contribution in [1.29, 1.82) is 0 Å². The van der Waals surface area contributed by atoms with Gasteiger partial charge in [0.1, 0.15) is 5.75 Å². The first-order valence-corrected chi connectivity index (χ1v) is 7.57. The van der Waals surface area contributed by atoms with Gasteiger partial charge in [-0.3, -0.25) is 4.99 Å². The van der Waals surface area contributed by atoms with E-state index >= 15 is 0 Å². The van der Waals surface area contributed by atoms with Gasteiger partial charge in [-0.2, -0.15) is 8.78 Å². The van der Waals surface area contributed by atoms with Gasteiger partial charge in [0.2, 0.25) is 6.79 Å². The Labute approximate surface area is 139 Å². The number of ether oxygens (including phenoxy) is 3. The topological polar surface area (TPSA) is 64.1 Å². The zero-order valence-electron chi connectivity index (χ0n) is 13.6. The van der Waals surface area contributed by atoms with E-state index in [1.165, 1.54) is 6.07 Å². The summed E-state index contributed by atoms with van der Waals surface area (Å²) in [6, 6.07) is 3.04. The second-order valence-electron chi connectivity index (χ2n) is 4.90. The van der Waals surface area contributed by atoms with Crippen LogP contribution in [0, 0.1) is 0 Å². The smallest absolute Gasteiger partial charge is 0.387 e. The first-order chi connectivity index (χ1) is 11.6. The predicted octanol–water partition coefficient (Wildman–Crippen LogP) is 2.65. The lowest BCUT2D eigenvalue weighted by atomic mass is 10.1. The van der Waals surface area contributed by atoms with Gasteiger partial charge in [-0.05, 0) is 19.4 Å². The van der Waals surface area contributed by atoms with Crippen molar-refractivity contribution in [3.05, 3.63) is 29.8 Å². The van der Waals surface area contributed by atoms with Crippen molar-refractivity contribution in [2.75, 3.05) is 20.4 Å². The fourth-order valence-corrected chi connectivity index (χ4v) is 2.15. The number of rotatable bonds is 7. The van der Waals surface area contributed by atoms with E-state index in [1.807, 2.05) is 19.1 Å². The second kappa shape index (κ2) is 8.95. The van der Waals surface area contributed by atoms with E-state index in [-0.39, 0.29) is 19.1 Å². The Hall–Kier alpha value is -2.51. The number of aliphatic imine (C=N–C) groups is 1. The Kier molecular flexibility index (Phi) is 6.65. The van der Waals surface area contributed by atoms with Crippen molar-refractivity contribution in [3.8, 4) is 17.2 Å². The molecule has 0 saturated heterocycles. The van der Waals surface area contributed by atoms with Crippen molar-refractivity contribution >= 4 is 5.96 Å². The number of nitrogens with zero attached hydrogens (tertiary/aromatic N) is 1. The van der Waals surface area contributed by atoms with Gasteiger partial charge in [0, 0.05) is 31.8 Å². The van der Waals surface area contributed by atoms with Gasteiger partial charge in [0.15, 0.2) is 17.5 Å². The standard InChI is InChI=1S/C16H21F2N3O3/c1-3-4-5-6-20-16(19-2)21-9-11-7-13-14(23-10-22-13)8-12(11)24-15(17)18/h3-4,7-8,15H,5-6,9-10H2,1-2H3,(H2,19,20,21)/b4-3+. The minimum Gasteiger partial charge on any atom is -0.454 e. The van der Waals surface area contributed by atoms with Crippen LogP contribution < -0.4 is 24.8 Å². The zero-order chi connectivity index (χ0) is 17.4. The molecule has 0 aromatic heterocycles.